The van der Waals surface area contributed by atoms with Gasteiger partial charge in [0.05, 0.1) is 12.4 Å². The van der Waals surface area contributed by atoms with Gasteiger partial charge in [-0.15, -0.1) is 0 Å². The minimum absolute atomic E-state index is 0.0122. The number of nitrogens with zero attached hydrogens (tertiary/aromatic N) is 4. The van der Waals surface area contributed by atoms with E-state index in [1.807, 2.05) is 13.8 Å². The second kappa shape index (κ2) is 5.60. The van der Waals surface area contributed by atoms with Gasteiger partial charge >= 0.3 is 0 Å². The van der Waals surface area contributed by atoms with Crippen molar-refractivity contribution in [3.8, 4) is 11.6 Å². The first-order valence-electron chi connectivity index (χ1n) is 6.18. The van der Waals surface area contributed by atoms with Crippen molar-refractivity contribution in [1.29, 1.82) is 0 Å². The number of amidine groups is 1. The lowest BCUT2D eigenvalue weighted by Gasteiger charge is -2.06. The lowest BCUT2D eigenvalue weighted by molar-refractivity contribution is 0.318. The van der Waals surface area contributed by atoms with E-state index >= 15 is 0 Å². The maximum atomic E-state index is 8.71. The number of hydrogen-bond donors (Lipinski definition) is 2. The number of hydrogen-bond acceptors (Lipinski definition) is 5. The van der Waals surface area contributed by atoms with Gasteiger partial charge in [-0.1, -0.05) is 5.16 Å². The molecular formula is C13H17N5O2. The smallest absolute Gasteiger partial charge is 0.220 e. The minimum atomic E-state index is 0.0122. The number of ether oxygens (including phenoxy) is 1. The summed E-state index contributed by atoms with van der Waals surface area (Å²) in [5, 5.41) is 15.9. The predicted molar refractivity (Wildman–Crippen MR) is 74.2 cm³/mol. The average Bonchev–Trinajstić information content (AvgIpc) is 2.85. The summed E-state index contributed by atoms with van der Waals surface area (Å²) in [6, 6.07) is 3.57. The highest BCUT2D eigenvalue weighted by Gasteiger charge is 2.08. The van der Waals surface area contributed by atoms with Gasteiger partial charge in [-0.2, -0.15) is 5.10 Å². The average molecular weight is 275 g/mol. The number of oxime groups is 1. The zero-order valence-electron chi connectivity index (χ0n) is 11.6. The number of pyridine rings is 1. The van der Waals surface area contributed by atoms with Gasteiger partial charge in [0.15, 0.2) is 11.6 Å². The third-order valence-corrected chi connectivity index (χ3v) is 2.66. The molecule has 0 aliphatic heterocycles. The molecule has 0 fully saturated rings. The van der Waals surface area contributed by atoms with Crippen LogP contribution in [-0.4, -0.2) is 25.8 Å². The van der Waals surface area contributed by atoms with Crippen LogP contribution in [0.4, 0.5) is 0 Å². The van der Waals surface area contributed by atoms with Gasteiger partial charge in [0.1, 0.15) is 0 Å². The van der Waals surface area contributed by atoms with Crippen LogP contribution in [-0.2, 0) is 0 Å². The molecule has 0 aliphatic rings. The van der Waals surface area contributed by atoms with Crippen molar-refractivity contribution < 1.29 is 9.94 Å². The monoisotopic (exact) mass is 275 g/mol. The molecule has 0 aromatic carbocycles. The summed E-state index contributed by atoms with van der Waals surface area (Å²) >= 11 is 0. The van der Waals surface area contributed by atoms with E-state index in [-0.39, 0.29) is 11.9 Å². The van der Waals surface area contributed by atoms with Crippen LogP contribution < -0.4 is 10.5 Å². The maximum absolute atomic E-state index is 8.71. The van der Waals surface area contributed by atoms with Crippen molar-refractivity contribution in [2.75, 3.05) is 0 Å². The Balaban J connectivity index is 2.26. The molecular weight excluding hydrogens is 258 g/mol. The molecule has 0 aliphatic carbocycles. The van der Waals surface area contributed by atoms with E-state index in [0.29, 0.717) is 22.9 Å². The fourth-order valence-electron chi connectivity index (χ4n) is 1.67. The third kappa shape index (κ3) is 3.05. The normalized spacial score (nSPS) is 11.9. The second-order valence-corrected chi connectivity index (χ2v) is 4.67. The Morgan fingerprint density at radius 3 is 2.80 bits per heavy atom. The lowest BCUT2D eigenvalue weighted by Crippen LogP contribution is -2.13. The van der Waals surface area contributed by atoms with E-state index in [1.54, 1.807) is 36.1 Å². The number of rotatable bonds is 4. The summed E-state index contributed by atoms with van der Waals surface area (Å²) in [5.41, 5.74) is 6.83. The molecule has 20 heavy (non-hydrogen) atoms. The molecule has 7 nitrogen and oxygen atoms in total. The van der Waals surface area contributed by atoms with Crippen molar-refractivity contribution in [3.63, 3.8) is 0 Å². The summed E-state index contributed by atoms with van der Waals surface area (Å²) < 4.78 is 7.43. The van der Waals surface area contributed by atoms with Gasteiger partial charge < -0.3 is 15.7 Å². The predicted octanol–water partition coefficient (Wildman–Crippen LogP) is 2.05. The zero-order chi connectivity index (χ0) is 14.7. The quantitative estimate of drug-likeness (QED) is 0.385. The zero-order valence-corrected chi connectivity index (χ0v) is 11.6. The van der Waals surface area contributed by atoms with Crippen LogP contribution in [0, 0.1) is 6.92 Å². The van der Waals surface area contributed by atoms with Crippen molar-refractivity contribution >= 4 is 5.84 Å². The standard InChI is InChI=1S/C13H17N5O2/c1-8(2)18-7-11(6-15-18)20-12-5-10(13(14)17-19)4-9(3)16-12/h4-8,19H,1-3H3,(H2,14,17). The number of nitrogens with two attached hydrogens (primary N) is 1. The molecule has 0 radical (unpaired) electrons. The van der Waals surface area contributed by atoms with Crippen LogP contribution in [0.5, 0.6) is 11.6 Å². The van der Waals surface area contributed by atoms with Crippen LogP contribution in [0.3, 0.4) is 0 Å². The first-order valence-corrected chi connectivity index (χ1v) is 6.18. The van der Waals surface area contributed by atoms with Crippen molar-refractivity contribution in [1.82, 2.24) is 14.8 Å². The van der Waals surface area contributed by atoms with Gasteiger partial charge in [0.2, 0.25) is 5.88 Å². The minimum Gasteiger partial charge on any atom is -0.436 e. The molecule has 7 heteroatoms. The summed E-state index contributed by atoms with van der Waals surface area (Å²) in [5.74, 6) is 0.968. The van der Waals surface area contributed by atoms with Gasteiger partial charge in [0, 0.05) is 23.4 Å². The Labute approximate surface area is 116 Å². The first-order chi connectivity index (χ1) is 9.49. The summed E-state index contributed by atoms with van der Waals surface area (Å²) in [6.45, 7) is 5.86. The first kappa shape index (κ1) is 13.9. The molecule has 0 bridgehead atoms. The molecule has 0 saturated carbocycles. The Bertz CT molecular complexity index is 633. The highest BCUT2D eigenvalue weighted by molar-refractivity contribution is 5.97. The van der Waals surface area contributed by atoms with Crippen molar-refractivity contribution in [2.24, 2.45) is 10.9 Å². The van der Waals surface area contributed by atoms with E-state index in [2.05, 4.69) is 15.2 Å². The lowest BCUT2D eigenvalue weighted by atomic mass is 10.2. The van der Waals surface area contributed by atoms with Crippen LogP contribution in [0.2, 0.25) is 0 Å². The van der Waals surface area contributed by atoms with E-state index in [9.17, 15) is 0 Å². The molecule has 0 saturated heterocycles. The molecule has 2 aromatic heterocycles. The Kier molecular flexibility index (Phi) is 3.88. The maximum Gasteiger partial charge on any atom is 0.220 e. The summed E-state index contributed by atoms with van der Waals surface area (Å²) in [7, 11) is 0. The second-order valence-electron chi connectivity index (χ2n) is 4.67. The van der Waals surface area contributed by atoms with E-state index in [1.165, 1.54) is 0 Å². The van der Waals surface area contributed by atoms with Gasteiger partial charge in [0.25, 0.3) is 0 Å². The van der Waals surface area contributed by atoms with Crippen molar-refractivity contribution in [3.05, 3.63) is 35.8 Å². The number of aromatic nitrogens is 3. The Morgan fingerprint density at radius 2 is 2.20 bits per heavy atom. The topological polar surface area (TPSA) is 98.5 Å². The molecule has 0 unspecified atom stereocenters. The Hall–Kier alpha value is -2.57. The van der Waals surface area contributed by atoms with Crippen LogP contribution in [0.1, 0.15) is 31.1 Å². The van der Waals surface area contributed by atoms with Crippen LogP contribution in [0.15, 0.2) is 29.7 Å². The fraction of sp³-hybridized carbons (Fsp3) is 0.308. The van der Waals surface area contributed by atoms with E-state index < -0.39 is 0 Å². The highest BCUT2D eigenvalue weighted by Crippen LogP contribution is 2.21. The summed E-state index contributed by atoms with van der Waals surface area (Å²) in [4.78, 5) is 4.25. The SMILES string of the molecule is Cc1cc(/C(N)=N/O)cc(Oc2cnn(C(C)C)c2)n1. The fourth-order valence-corrected chi connectivity index (χ4v) is 1.67. The summed E-state index contributed by atoms with van der Waals surface area (Å²) in [6.07, 6.45) is 3.41. The van der Waals surface area contributed by atoms with Gasteiger partial charge in [-0.05, 0) is 26.8 Å². The van der Waals surface area contributed by atoms with Crippen LogP contribution in [0.25, 0.3) is 0 Å². The molecule has 2 aromatic rings. The van der Waals surface area contributed by atoms with Gasteiger partial charge in [-0.25, -0.2) is 4.98 Å². The van der Waals surface area contributed by atoms with E-state index in [4.69, 9.17) is 15.7 Å². The van der Waals surface area contributed by atoms with Gasteiger partial charge in [-0.3, -0.25) is 4.68 Å². The van der Waals surface area contributed by atoms with Crippen LogP contribution >= 0.6 is 0 Å². The molecule has 0 atom stereocenters. The third-order valence-electron chi connectivity index (χ3n) is 2.66. The molecule has 2 rings (SSSR count). The highest BCUT2D eigenvalue weighted by atomic mass is 16.5. The Morgan fingerprint density at radius 1 is 1.45 bits per heavy atom. The molecule has 106 valence electrons. The molecule has 2 heterocycles. The molecule has 0 amide bonds. The van der Waals surface area contributed by atoms with E-state index in [0.717, 1.165) is 0 Å². The molecule has 3 N–H and O–H groups in total. The van der Waals surface area contributed by atoms with Crippen molar-refractivity contribution in [2.45, 2.75) is 26.8 Å². The largest absolute Gasteiger partial charge is 0.436 e. The number of aryl methyl sites for hydroxylation is 1. The molecule has 0 spiro atoms.